The summed E-state index contributed by atoms with van der Waals surface area (Å²) >= 11 is 3.46. The van der Waals surface area contributed by atoms with Crippen molar-refractivity contribution in [3.05, 3.63) is 75.5 Å². The molecule has 3 aliphatic heterocycles. The minimum atomic E-state index is -3.96. The number of anilines is 1. The summed E-state index contributed by atoms with van der Waals surface area (Å²) in [5.74, 6) is -0.724. The number of nitriles is 1. The van der Waals surface area contributed by atoms with Gasteiger partial charge in [0.15, 0.2) is 0 Å². The molecule has 0 saturated carbocycles. The third-order valence-corrected chi connectivity index (χ3v) is 7.70. The molecule has 28 heavy (non-hydrogen) atoms. The first-order valence-electron chi connectivity index (χ1n) is 8.22. The van der Waals surface area contributed by atoms with Crippen molar-refractivity contribution in [3.8, 4) is 6.07 Å². The maximum absolute atomic E-state index is 13.2. The molecule has 1 spiro atoms. The normalized spacial score (nSPS) is 23.6. The molecule has 9 heteroatoms. The van der Waals surface area contributed by atoms with Crippen LogP contribution in [0.15, 0.2) is 69.3 Å². The van der Waals surface area contributed by atoms with E-state index in [0.717, 1.165) is 4.31 Å². The molecule has 5 rings (SSSR count). The van der Waals surface area contributed by atoms with Gasteiger partial charge in [0, 0.05) is 21.3 Å². The van der Waals surface area contributed by atoms with E-state index < -0.39 is 21.3 Å². The number of carbonyl (C=O) groups excluding carboxylic acids is 1. The van der Waals surface area contributed by atoms with E-state index in [9.17, 15) is 18.5 Å². The Morgan fingerprint density at radius 2 is 1.93 bits per heavy atom. The Balaban J connectivity index is 1.94. The molecule has 1 atom stereocenters. The largest absolute Gasteiger partial charge is 0.383 e. The van der Waals surface area contributed by atoms with Crippen LogP contribution in [0.3, 0.4) is 0 Å². The number of rotatable bonds is 0. The number of nitrogens with two attached hydrogens (primary N) is 1. The number of hydrogen-bond donors (Lipinski definition) is 2. The summed E-state index contributed by atoms with van der Waals surface area (Å²) in [7, 11) is -3.96. The van der Waals surface area contributed by atoms with Crippen LogP contribution in [0, 0.1) is 11.3 Å². The maximum Gasteiger partial charge on any atom is 0.270 e. The van der Waals surface area contributed by atoms with E-state index in [0.29, 0.717) is 21.3 Å². The van der Waals surface area contributed by atoms with E-state index in [1.54, 1.807) is 36.4 Å². The number of halogens is 1. The molecule has 3 heterocycles. The van der Waals surface area contributed by atoms with Crippen molar-refractivity contribution in [2.45, 2.75) is 10.3 Å². The molecule has 0 saturated heterocycles. The third kappa shape index (κ3) is 1.77. The zero-order chi connectivity index (χ0) is 19.8. The van der Waals surface area contributed by atoms with E-state index in [1.807, 2.05) is 6.07 Å². The average Bonchev–Trinajstić information content (AvgIpc) is 3.06. The monoisotopic (exact) mass is 454 g/mol. The summed E-state index contributed by atoms with van der Waals surface area (Å²) < 4.78 is 27.6. The number of nitrogens with zero attached hydrogens (tertiary/aromatic N) is 2. The van der Waals surface area contributed by atoms with Gasteiger partial charge in [0.1, 0.15) is 17.3 Å². The Kier molecular flexibility index (Phi) is 3.19. The second kappa shape index (κ2) is 5.25. The molecule has 3 aliphatic rings. The number of amides is 1. The molecule has 138 valence electrons. The molecule has 0 radical (unpaired) electrons. The van der Waals surface area contributed by atoms with Gasteiger partial charge in [-0.3, -0.25) is 4.79 Å². The number of benzene rings is 2. The summed E-state index contributed by atoms with van der Waals surface area (Å²) in [4.78, 5) is 13.2. The molecule has 0 aromatic heterocycles. The lowest BCUT2D eigenvalue weighted by molar-refractivity contribution is -0.118. The highest BCUT2D eigenvalue weighted by Crippen LogP contribution is 2.54. The van der Waals surface area contributed by atoms with Gasteiger partial charge in [-0.25, -0.2) is 12.7 Å². The number of fused-ring (bicyclic) bond motifs is 5. The van der Waals surface area contributed by atoms with Crippen molar-refractivity contribution in [1.82, 2.24) is 4.31 Å². The van der Waals surface area contributed by atoms with Crippen LogP contribution in [0.1, 0.15) is 11.1 Å². The van der Waals surface area contributed by atoms with Crippen LogP contribution in [-0.4, -0.2) is 18.6 Å². The molecule has 0 aliphatic carbocycles. The Morgan fingerprint density at radius 3 is 2.68 bits per heavy atom. The number of nitrogens with one attached hydrogen (secondary N) is 1. The van der Waals surface area contributed by atoms with Gasteiger partial charge in [0.25, 0.3) is 10.0 Å². The quantitative estimate of drug-likeness (QED) is 0.633. The van der Waals surface area contributed by atoms with Crippen LogP contribution in [-0.2, 0) is 20.2 Å². The van der Waals surface area contributed by atoms with Crippen LogP contribution in [0.25, 0.3) is 5.70 Å². The van der Waals surface area contributed by atoms with Crippen LogP contribution < -0.4 is 11.1 Å². The fraction of sp³-hybridized carbons (Fsp3) is 0.0526. The fourth-order valence-corrected chi connectivity index (χ4v) is 6.44. The van der Waals surface area contributed by atoms with Crippen molar-refractivity contribution < 1.29 is 13.2 Å². The van der Waals surface area contributed by atoms with E-state index in [4.69, 9.17) is 5.73 Å². The summed E-state index contributed by atoms with van der Waals surface area (Å²) in [6.45, 7) is 0. The molecule has 2 aromatic rings. The van der Waals surface area contributed by atoms with Gasteiger partial charge in [-0.2, -0.15) is 5.26 Å². The highest BCUT2D eigenvalue weighted by atomic mass is 79.9. The van der Waals surface area contributed by atoms with Crippen molar-refractivity contribution in [3.63, 3.8) is 0 Å². The van der Waals surface area contributed by atoms with E-state index in [1.165, 1.54) is 12.1 Å². The molecular weight excluding hydrogens is 444 g/mol. The van der Waals surface area contributed by atoms with Gasteiger partial charge in [0.2, 0.25) is 5.91 Å². The first-order chi connectivity index (χ1) is 13.3. The Bertz CT molecular complexity index is 1320. The molecule has 0 unspecified atom stereocenters. The fourth-order valence-electron chi connectivity index (χ4n) is 4.10. The van der Waals surface area contributed by atoms with Crippen LogP contribution in [0.5, 0.6) is 0 Å². The summed E-state index contributed by atoms with van der Waals surface area (Å²) in [5, 5.41) is 12.7. The van der Waals surface area contributed by atoms with Gasteiger partial charge in [-0.15, -0.1) is 0 Å². The Hall–Kier alpha value is -3.09. The Labute approximate surface area is 168 Å². The van der Waals surface area contributed by atoms with Crippen molar-refractivity contribution in [1.29, 1.82) is 5.26 Å². The molecule has 2 aromatic carbocycles. The van der Waals surface area contributed by atoms with Gasteiger partial charge < -0.3 is 11.1 Å². The lowest BCUT2D eigenvalue weighted by Crippen LogP contribution is -2.43. The zero-order valence-corrected chi connectivity index (χ0v) is 16.5. The highest BCUT2D eigenvalue weighted by molar-refractivity contribution is 9.10. The topological polar surface area (TPSA) is 116 Å². The number of sulfonamides is 1. The van der Waals surface area contributed by atoms with Crippen LogP contribution in [0.2, 0.25) is 0 Å². The van der Waals surface area contributed by atoms with Crippen LogP contribution in [0.4, 0.5) is 5.69 Å². The SMILES string of the molecule is N#CC1=C(N)N2C(=C[C@]13C(=O)Nc1cccc(Br)c13)c1ccccc1S2(=O)=O. The predicted octanol–water partition coefficient (Wildman–Crippen LogP) is 2.39. The van der Waals surface area contributed by atoms with E-state index >= 15 is 0 Å². The van der Waals surface area contributed by atoms with Crippen molar-refractivity contribution >= 4 is 43.2 Å². The summed E-state index contributed by atoms with van der Waals surface area (Å²) in [6, 6.07) is 13.7. The van der Waals surface area contributed by atoms with Crippen molar-refractivity contribution in [2.75, 3.05) is 5.32 Å². The first-order valence-corrected chi connectivity index (χ1v) is 10.5. The molecule has 1 amide bonds. The van der Waals surface area contributed by atoms with E-state index in [2.05, 4.69) is 21.2 Å². The maximum atomic E-state index is 13.2. The zero-order valence-electron chi connectivity index (χ0n) is 14.1. The summed E-state index contributed by atoms with van der Waals surface area (Å²) in [6.07, 6.45) is 1.53. The average molecular weight is 455 g/mol. The van der Waals surface area contributed by atoms with Gasteiger partial charge >= 0.3 is 0 Å². The van der Waals surface area contributed by atoms with Gasteiger partial charge in [-0.05, 0) is 24.3 Å². The second-order valence-electron chi connectivity index (χ2n) is 6.59. The molecular formula is C19H11BrN4O3S. The lowest BCUT2D eigenvalue weighted by Gasteiger charge is -2.34. The molecule has 0 bridgehead atoms. The summed E-state index contributed by atoms with van der Waals surface area (Å²) in [5.41, 5.74) is 6.36. The molecule has 0 fully saturated rings. The second-order valence-corrected chi connectivity index (χ2v) is 9.20. The molecule has 7 nitrogen and oxygen atoms in total. The lowest BCUT2D eigenvalue weighted by atomic mass is 9.72. The highest BCUT2D eigenvalue weighted by Gasteiger charge is 2.57. The minimum absolute atomic E-state index is 0.0873. The predicted molar refractivity (Wildman–Crippen MR) is 105 cm³/mol. The van der Waals surface area contributed by atoms with Gasteiger partial charge in [0.05, 0.1) is 16.2 Å². The third-order valence-electron chi connectivity index (χ3n) is 5.25. The number of hydrogen-bond acceptors (Lipinski definition) is 5. The molecule has 3 N–H and O–H groups in total. The smallest absolute Gasteiger partial charge is 0.270 e. The van der Waals surface area contributed by atoms with Crippen molar-refractivity contribution in [2.24, 2.45) is 5.73 Å². The minimum Gasteiger partial charge on any atom is -0.383 e. The van der Waals surface area contributed by atoms with Crippen LogP contribution >= 0.6 is 15.9 Å². The standard InChI is InChI=1S/C19H11BrN4O3S/c20-12-5-3-6-13-16(12)19(18(25)23-13)8-14-10-4-1-2-7-15(10)28(26,27)24(14)17(22)11(19)9-21/h1-8H,22H2,(H,23,25)/t19-/m0/s1. The first kappa shape index (κ1) is 17.0. The van der Waals surface area contributed by atoms with Gasteiger partial charge in [-0.1, -0.05) is 40.2 Å². The Morgan fingerprint density at radius 1 is 1.18 bits per heavy atom. The van der Waals surface area contributed by atoms with E-state index in [-0.39, 0.29) is 22.0 Å². The number of carbonyl (C=O) groups is 1.